The zero-order valence-corrected chi connectivity index (χ0v) is 15.1. The summed E-state index contributed by atoms with van der Waals surface area (Å²) in [6.45, 7) is 8.96. The molecule has 136 valence electrons. The average molecular weight is 342 g/mol. The summed E-state index contributed by atoms with van der Waals surface area (Å²) in [5, 5.41) is 0.516. The highest BCUT2D eigenvalue weighted by molar-refractivity contribution is 6.01. The predicted molar refractivity (Wildman–Crippen MR) is 87.3 cm³/mol. The molecule has 0 unspecified atom stereocenters. The molecule has 0 aromatic heterocycles. The molecule has 8 nitrogen and oxygen atoms in total. The molecule has 1 heterocycles. The highest BCUT2D eigenvalue weighted by atomic mass is 16.7. The SMILES string of the molecule is CC.CC(=O)ON1C(=O)CCC1=O.CC(C)N(C)C(=O)/C=C\C=O. The van der Waals surface area contributed by atoms with Gasteiger partial charge in [-0.25, -0.2) is 4.79 Å². The fourth-order valence-corrected chi connectivity index (χ4v) is 1.28. The van der Waals surface area contributed by atoms with Gasteiger partial charge in [-0.3, -0.25) is 19.2 Å². The van der Waals surface area contributed by atoms with Gasteiger partial charge in [-0.2, -0.15) is 0 Å². The summed E-state index contributed by atoms with van der Waals surface area (Å²) in [6, 6.07) is 0.166. The maximum Gasteiger partial charge on any atom is 0.330 e. The molecule has 24 heavy (non-hydrogen) atoms. The second-order valence-corrected chi connectivity index (χ2v) is 4.70. The van der Waals surface area contributed by atoms with Gasteiger partial charge in [-0.1, -0.05) is 13.8 Å². The molecule has 0 bridgehead atoms. The van der Waals surface area contributed by atoms with Crippen LogP contribution in [0.1, 0.15) is 47.5 Å². The first-order valence-electron chi connectivity index (χ1n) is 7.63. The Morgan fingerprint density at radius 2 is 1.62 bits per heavy atom. The van der Waals surface area contributed by atoms with E-state index in [1.54, 1.807) is 11.9 Å². The first-order chi connectivity index (χ1) is 11.2. The van der Waals surface area contributed by atoms with Crippen LogP contribution >= 0.6 is 0 Å². The van der Waals surface area contributed by atoms with Gasteiger partial charge < -0.3 is 9.74 Å². The minimum absolute atomic E-state index is 0.131. The standard InChI is InChI=1S/C8H13NO2.C6H7NO4.C2H6/c1-7(2)9(3)8(11)5-4-6-10;1-4(8)11-7-5(9)2-3-6(7)10;1-2/h4-7H,1-3H3;2-3H2,1H3;1-2H3/b5-4-;;. The summed E-state index contributed by atoms with van der Waals surface area (Å²) in [7, 11) is 1.70. The molecular formula is C16H26N2O6. The number of rotatable bonds is 4. The first kappa shape index (κ1) is 23.8. The van der Waals surface area contributed by atoms with E-state index >= 15 is 0 Å². The van der Waals surface area contributed by atoms with Crippen LogP contribution in [0.3, 0.4) is 0 Å². The highest BCUT2D eigenvalue weighted by Crippen LogP contribution is 2.11. The van der Waals surface area contributed by atoms with E-state index in [1.165, 1.54) is 12.2 Å². The molecule has 1 fully saturated rings. The molecule has 0 aromatic carbocycles. The van der Waals surface area contributed by atoms with Crippen molar-refractivity contribution in [2.75, 3.05) is 7.05 Å². The Balaban J connectivity index is 0. The molecule has 0 aromatic rings. The number of hydroxylamine groups is 2. The summed E-state index contributed by atoms with van der Waals surface area (Å²) in [6.07, 6.45) is 3.30. The van der Waals surface area contributed by atoms with Crippen molar-refractivity contribution in [2.24, 2.45) is 0 Å². The van der Waals surface area contributed by atoms with Gasteiger partial charge >= 0.3 is 5.97 Å². The zero-order chi connectivity index (χ0) is 19.3. The van der Waals surface area contributed by atoms with Crippen molar-refractivity contribution in [1.29, 1.82) is 0 Å². The van der Waals surface area contributed by atoms with Gasteiger partial charge in [0.1, 0.15) is 6.29 Å². The third kappa shape index (κ3) is 9.50. The largest absolute Gasteiger partial charge is 0.340 e. The Morgan fingerprint density at radius 3 is 1.96 bits per heavy atom. The smallest absolute Gasteiger partial charge is 0.330 e. The lowest BCUT2D eigenvalue weighted by Crippen LogP contribution is -2.31. The van der Waals surface area contributed by atoms with Gasteiger partial charge in [-0.05, 0) is 19.9 Å². The summed E-state index contributed by atoms with van der Waals surface area (Å²) >= 11 is 0. The van der Waals surface area contributed by atoms with Gasteiger partial charge in [0.25, 0.3) is 11.8 Å². The van der Waals surface area contributed by atoms with Gasteiger partial charge in [0.15, 0.2) is 0 Å². The van der Waals surface area contributed by atoms with E-state index in [0.29, 0.717) is 11.3 Å². The lowest BCUT2D eigenvalue weighted by Gasteiger charge is -2.18. The quantitative estimate of drug-likeness (QED) is 0.433. The first-order valence-corrected chi connectivity index (χ1v) is 7.63. The lowest BCUT2D eigenvalue weighted by atomic mass is 10.3. The van der Waals surface area contributed by atoms with E-state index in [9.17, 15) is 24.0 Å². The number of nitrogens with zero attached hydrogens (tertiary/aromatic N) is 2. The number of amides is 3. The molecule has 0 aliphatic carbocycles. The number of likely N-dealkylation sites (N-methyl/N-ethyl adjacent to an activating group) is 1. The third-order valence-corrected chi connectivity index (χ3v) is 2.67. The maximum absolute atomic E-state index is 11.0. The van der Waals surface area contributed by atoms with Crippen LogP contribution in [0.4, 0.5) is 0 Å². The van der Waals surface area contributed by atoms with E-state index < -0.39 is 17.8 Å². The number of allylic oxidation sites excluding steroid dienone is 1. The van der Waals surface area contributed by atoms with E-state index in [-0.39, 0.29) is 24.8 Å². The van der Waals surface area contributed by atoms with Crippen molar-refractivity contribution in [1.82, 2.24) is 9.96 Å². The van der Waals surface area contributed by atoms with E-state index in [4.69, 9.17) is 0 Å². The van der Waals surface area contributed by atoms with Crippen molar-refractivity contribution in [3.8, 4) is 0 Å². The van der Waals surface area contributed by atoms with Crippen molar-refractivity contribution >= 4 is 30.0 Å². The highest BCUT2D eigenvalue weighted by Gasteiger charge is 2.31. The van der Waals surface area contributed by atoms with Crippen molar-refractivity contribution in [3.63, 3.8) is 0 Å². The number of carbonyl (C=O) groups is 5. The topological polar surface area (TPSA) is 101 Å². The van der Waals surface area contributed by atoms with Crippen LogP contribution in [0.25, 0.3) is 0 Å². The lowest BCUT2D eigenvalue weighted by molar-refractivity contribution is -0.195. The van der Waals surface area contributed by atoms with Crippen LogP contribution in [-0.4, -0.2) is 53.0 Å². The van der Waals surface area contributed by atoms with Gasteiger partial charge in [0, 0.05) is 38.9 Å². The van der Waals surface area contributed by atoms with E-state index in [0.717, 1.165) is 6.92 Å². The van der Waals surface area contributed by atoms with Crippen LogP contribution < -0.4 is 0 Å². The molecule has 0 N–H and O–H groups in total. The molecule has 0 atom stereocenters. The summed E-state index contributed by atoms with van der Waals surface area (Å²) in [4.78, 5) is 58.6. The Kier molecular flexibility index (Phi) is 12.8. The molecule has 1 aliphatic heterocycles. The van der Waals surface area contributed by atoms with Crippen LogP contribution in [0.15, 0.2) is 12.2 Å². The monoisotopic (exact) mass is 342 g/mol. The fourth-order valence-electron chi connectivity index (χ4n) is 1.28. The Bertz CT molecular complexity index is 469. The molecule has 0 saturated carbocycles. The predicted octanol–water partition coefficient (Wildman–Crippen LogP) is 1.25. The second kappa shape index (κ2) is 13.0. The molecule has 0 radical (unpaired) electrons. The van der Waals surface area contributed by atoms with Crippen LogP contribution in [0.5, 0.6) is 0 Å². The molecule has 1 rings (SSSR count). The molecular weight excluding hydrogens is 316 g/mol. The Labute approximate surface area is 142 Å². The number of imide groups is 1. The van der Waals surface area contributed by atoms with Crippen molar-refractivity contribution < 1.29 is 28.8 Å². The maximum atomic E-state index is 11.0. The Morgan fingerprint density at radius 1 is 1.17 bits per heavy atom. The van der Waals surface area contributed by atoms with E-state index in [2.05, 4.69) is 4.84 Å². The summed E-state index contributed by atoms with van der Waals surface area (Å²) in [5.74, 6) is -1.71. The van der Waals surface area contributed by atoms with Crippen molar-refractivity contribution in [2.45, 2.75) is 53.5 Å². The third-order valence-electron chi connectivity index (χ3n) is 2.67. The number of aldehydes is 1. The normalized spacial score (nSPS) is 13.0. The van der Waals surface area contributed by atoms with Gasteiger partial charge in [0.2, 0.25) is 5.91 Å². The second-order valence-electron chi connectivity index (χ2n) is 4.70. The fraction of sp³-hybridized carbons (Fsp3) is 0.562. The van der Waals surface area contributed by atoms with Gasteiger partial charge in [0.05, 0.1) is 0 Å². The van der Waals surface area contributed by atoms with Gasteiger partial charge in [-0.15, -0.1) is 5.06 Å². The Hall–Kier alpha value is -2.51. The molecule has 8 heteroatoms. The number of hydrogen-bond donors (Lipinski definition) is 0. The van der Waals surface area contributed by atoms with E-state index in [1.807, 2.05) is 27.7 Å². The van der Waals surface area contributed by atoms with Crippen LogP contribution in [-0.2, 0) is 28.8 Å². The summed E-state index contributed by atoms with van der Waals surface area (Å²) in [5.41, 5.74) is 0. The number of carbonyl (C=O) groups excluding carboxylic acids is 5. The molecule has 0 spiro atoms. The minimum Gasteiger partial charge on any atom is -0.340 e. The number of hydrogen-bond acceptors (Lipinski definition) is 6. The molecule has 1 aliphatic rings. The average Bonchev–Trinajstić information content (AvgIpc) is 2.85. The zero-order valence-electron chi connectivity index (χ0n) is 15.1. The summed E-state index contributed by atoms with van der Waals surface area (Å²) < 4.78 is 0. The van der Waals surface area contributed by atoms with Crippen LogP contribution in [0, 0.1) is 0 Å². The van der Waals surface area contributed by atoms with Crippen molar-refractivity contribution in [3.05, 3.63) is 12.2 Å². The molecule has 3 amide bonds. The van der Waals surface area contributed by atoms with Crippen LogP contribution in [0.2, 0.25) is 0 Å². The minimum atomic E-state index is -0.659. The molecule has 1 saturated heterocycles.